The second-order valence-electron chi connectivity index (χ2n) is 4.95. The van der Waals surface area contributed by atoms with Crippen molar-refractivity contribution in [1.29, 1.82) is 0 Å². The molecule has 0 aromatic rings. The third kappa shape index (κ3) is 3.49. The topological polar surface area (TPSA) is 38.3 Å². The minimum Gasteiger partial charge on any atom is -0.461 e. The first-order valence-electron chi connectivity index (χ1n) is 6.18. The van der Waals surface area contributed by atoms with Crippen molar-refractivity contribution in [3.05, 3.63) is 0 Å². The molecule has 0 heterocycles. The van der Waals surface area contributed by atoms with Crippen molar-refractivity contribution in [2.75, 3.05) is 6.54 Å². The molecule has 0 spiro atoms. The van der Waals surface area contributed by atoms with Crippen LogP contribution in [0.5, 0.6) is 0 Å². The van der Waals surface area contributed by atoms with Gasteiger partial charge in [-0.1, -0.05) is 13.3 Å². The van der Waals surface area contributed by atoms with Crippen LogP contribution in [0.2, 0.25) is 0 Å². The fourth-order valence-electron chi connectivity index (χ4n) is 2.18. The fraction of sp³-hybridized carbons (Fsp3) is 0.917. The lowest BCUT2D eigenvalue weighted by molar-refractivity contribution is -0.152. The molecule has 0 aromatic carbocycles. The Morgan fingerprint density at radius 1 is 1.27 bits per heavy atom. The van der Waals surface area contributed by atoms with Crippen LogP contribution in [0.25, 0.3) is 0 Å². The van der Waals surface area contributed by atoms with Crippen molar-refractivity contribution in [2.24, 2.45) is 5.92 Å². The molecular formula is C12H21NO2. The first-order valence-corrected chi connectivity index (χ1v) is 6.18. The first kappa shape index (κ1) is 10.9. The number of carbonyl (C=O) groups excluding carboxylic acids is 1. The lowest BCUT2D eigenvalue weighted by Gasteiger charge is -2.28. The van der Waals surface area contributed by atoms with E-state index in [-0.39, 0.29) is 12.1 Å². The van der Waals surface area contributed by atoms with Crippen molar-refractivity contribution in [2.45, 2.75) is 57.6 Å². The van der Waals surface area contributed by atoms with Crippen LogP contribution in [0.1, 0.15) is 45.4 Å². The number of ether oxygens (including phenoxy) is 1. The molecule has 0 amide bonds. The highest BCUT2D eigenvalue weighted by atomic mass is 16.5. The van der Waals surface area contributed by atoms with E-state index in [2.05, 4.69) is 12.2 Å². The molecule has 15 heavy (non-hydrogen) atoms. The Kier molecular flexibility index (Phi) is 3.62. The van der Waals surface area contributed by atoms with Crippen LogP contribution < -0.4 is 5.32 Å². The molecule has 0 aromatic heterocycles. The Labute approximate surface area is 91.6 Å². The van der Waals surface area contributed by atoms with Crippen molar-refractivity contribution in [3.8, 4) is 0 Å². The van der Waals surface area contributed by atoms with E-state index >= 15 is 0 Å². The van der Waals surface area contributed by atoms with Crippen LogP contribution in [-0.2, 0) is 9.53 Å². The molecule has 0 radical (unpaired) electrons. The van der Waals surface area contributed by atoms with Gasteiger partial charge in [-0.25, -0.2) is 0 Å². The predicted octanol–water partition coefficient (Wildman–Crippen LogP) is 1.86. The van der Waals surface area contributed by atoms with Crippen molar-refractivity contribution >= 4 is 5.97 Å². The fourth-order valence-corrected chi connectivity index (χ4v) is 2.18. The van der Waals surface area contributed by atoms with Gasteiger partial charge < -0.3 is 10.1 Å². The summed E-state index contributed by atoms with van der Waals surface area (Å²) in [5.74, 6) is 0.476. The van der Waals surface area contributed by atoms with Gasteiger partial charge in [0.2, 0.25) is 0 Å². The molecule has 2 aliphatic rings. The van der Waals surface area contributed by atoms with Gasteiger partial charge in [0.15, 0.2) is 0 Å². The minimum absolute atomic E-state index is 0.0688. The van der Waals surface area contributed by atoms with Crippen LogP contribution in [0, 0.1) is 5.92 Å². The maximum absolute atomic E-state index is 11.5. The first-order chi connectivity index (χ1) is 7.25. The van der Waals surface area contributed by atoms with Crippen LogP contribution in [0.4, 0.5) is 0 Å². The SMILES string of the molecule is CC1CCCCC1OC(=O)CNC1CC1. The normalized spacial score (nSPS) is 31.3. The summed E-state index contributed by atoms with van der Waals surface area (Å²) >= 11 is 0. The number of esters is 1. The maximum Gasteiger partial charge on any atom is 0.320 e. The molecule has 0 aliphatic heterocycles. The Morgan fingerprint density at radius 2 is 2.00 bits per heavy atom. The van der Waals surface area contributed by atoms with E-state index in [0.29, 0.717) is 18.5 Å². The Balaban J connectivity index is 1.66. The summed E-state index contributed by atoms with van der Waals surface area (Å²) in [6, 6.07) is 0.585. The van der Waals surface area contributed by atoms with E-state index in [9.17, 15) is 4.79 Å². The summed E-state index contributed by atoms with van der Waals surface area (Å²) in [4.78, 5) is 11.5. The predicted molar refractivity (Wildman–Crippen MR) is 58.5 cm³/mol. The number of carbonyl (C=O) groups is 1. The van der Waals surface area contributed by atoms with E-state index in [0.717, 1.165) is 6.42 Å². The highest BCUT2D eigenvalue weighted by molar-refractivity contribution is 5.71. The smallest absolute Gasteiger partial charge is 0.320 e. The minimum atomic E-state index is -0.0688. The molecule has 0 saturated heterocycles. The molecule has 1 N–H and O–H groups in total. The zero-order chi connectivity index (χ0) is 10.7. The van der Waals surface area contributed by atoms with Gasteiger partial charge in [-0.15, -0.1) is 0 Å². The standard InChI is InChI=1S/C12H21NO2/c1-9-4-2-3-5-11(9)15-12(14)8-13-10-6-7-10/h9-11,13H,2-8H2,1H3. The molecule has 2 aliphatic carbocycles. The van der Waals surface area contributed by atoms with Gasteiger partial charge >= 0.3 is 5.97 Å². The molecular weight excluding hydrogens is 190 g/mol. The van der Waals surface area contributed by atoms with Gasteiger partial charge in [0.05, 0.1) is 6.54 Å². The van der Waals surface area contributed by atoms with Gasteiger partial charge in [-0.2, -0.15) is 0 Å². The lowest BCUT2D eigenvalue weighted by atomic mass is 9.88. The molecule has 3 heteroatoms. The number of rotatable bonds is 4. The molecule has 2 atom stereocenters. The van der Waals surface area contributed by atoms with Crippen molar-refractivity contribution in [3.63, 3.8) is 0 Å². The quantitative estimate of drug-likeness (QED) is 0.721. The second kappa shape index (κ2) is 4.97. The van der Waals surface area contributed by atoms with Gasteiger partial charge in [-0.3, -0.25) is 4.79 Å². The number of hydrogen-bond acceptors (Lipinski definition) is 3. The number of hydrogen-bond donors (Lipinski definition) is 1. The van der Waals surface area contributed by atoms with Gasteiger partial charge in [-0.05, 0) is 38.0 Å². The molecule has 2 fully saturated rings. The Hall–Kier alpha value is -0.570. The summed E-state index contributed by atoms with van der Waals surface area (Å²) in [7, 11) is 0. The van der Waals surface area contributed by atoms with Crippen molar-refractivity contribution in [1.82, 2.24) is 5.32 Å². The summed E-state index contributed by atoms with van der Waals surface area (Å²) < 4.78 is 5.48. The van der Waals surface area contributed by atoms with E-state index in [1.807, 2.05) is 0 Å². The van der Waals surface area contributed by atoms with E-state index in [1.54, 1.807) is 0 Å². The van der Waals surface area contributed by atoms with Crippen LogP contribution >= 0.6 is 0 Å². The van der Waals surface area contributed by atoms with E-state index < -0.39 is 0 Å². The largest absolute Gasteiger partial charge is 0.461 e. The van der Waals surface area contributed by atoms with Crippen LogP contribution in [0.15, 0.2) is 0 Å². The van der Waals surface area contributed by atoms with Crippen LogP contribution in [-0.4, -0.2) is 24.7 Å². The zero-order valence-electron chi connectivity index (χ0n) is 9.50. The average molecular weight is 211 g/mol. The maximum atomic E-state index is 11.5. The third-order valence-electron chi connectivity index (χ3n) is 3.43. The van der Waals surface area contributed by atoms with E-state index in [1.165, 1.54) is 32.1 Å². The Bertz CT molecular complexity index is 226. The summed E-state index contributed by atoms with van der Waals surface area (Å²) in [6.07, 6.45) is 7.35. The van der Waals surface area contributed by atoms with Crippen LogP contribution in [0.3, 0.4) is 0 Å². The molecule has 2 unspecified atom stereocenters. The molecule has 2 rings (SSSR count). The second-order valence-corrected chi connectivity index (χ2v) is 4.95. The molecule has 86 valence electrons. The average Bonchev–Trinajstić information content (AvgIpc) is 3.02. The van der Waals surface area contributed by atoms with Gasteiger partial charge in [0.25, 0.3) is 0 Å². The lowest BCUT2D eigenvalue weighted by Crippen LogP contribution is -2.33. The Morgan fingerprint density at radius 3 is 2.67 bits per heavy atom. The monoisotopic (exact) mass is 211 g/mol. The third-order valence-corrected chi connectivity index (χ3v) is 3.43. The highest BCUT2D eigenvalue weighted by Crippen LogP contribution is 2.26. The molecule has 3 nitrogen and oxygen atoms in total. The van der Waals surface area contributed by atoms with Gasteiger partial charge in [0.1, 0.15) is 6.10 Å². The highest BCUT2D eigenvalue weighted by Gasteiger charge is 2.26. The molecule has 2 saturated carbocycles. The summed E-state index contributed by atoms with van der Waals surface area (Å²) in [5.41, 5.74) is 0. The summed E-state index contributed by atoms with van der Waals surface area (Å²) in [5, 5.41) is 3.19. The number of nitrogens with one attached hydrogen (secondary N) is 1. The van der Waals surface area contributed by atoms with Crippen molar-refractivity contribution < 1.29 is 9.53 Å². The molecule has 0 bridgehead atoms. The summed E-state index contributed by atoms with van der Waals surface area (Å²) in [6.45, 7) is 2.58. The van der Waals surface area contributed by atoms with E-state index in [4.69, 9.17) is 4.74 Å². The van der Waals surface area contributed by atoms with Gasteiger partial charge in [0, 0.05) is 6.04 Å². The zero-order valence-corrected chi connectivity index (χ0v) is 9.50.